The summed E-state index contributed by atoms with van der Waals surface area (Å²) in [4.78, 5) is 23.2. The highest BCUT2D eigenvalue weighted by Crippen LogP contribution is 2.40. The lowest BCUT2D eigenvalue weighted by Crippen LogP contribution is -2.26. The molecule has 8 nitrogen and oxygen atoms in total. The van der Waals surface area contributed by atoms with Crippen LogP contribution in [0.15, 0.2) is 52.0 Å². The van der Waals surface area contributed by atoms with Gasteiger partial charge in [-0.3, -0.25) is 0 Å². The van der Waals surface area contributed by atoms with Crippen LogP contribution in [-0.4, -0.2) is 42.0 Å². The third-order valence-corrected chi connectivity index (χ3v) is 5.44. The van der Waals surface area contributed by atoms with Gasteiger partial charge in [0, 0.05) is 48.9 Å². The van der Waals surface area contributed by atoms with Crippen molar-refractivity contribution in [2.45, 2.75) is 13.5 Å². The molecule has 2 aliphatic rings. The number of benzene rings is 1. The van der Waals surface area contributed by atoms with Crippen LogP contribution in [0, 0.1) is 0 Å². The Kier molecular flexibility index (Phi) is 5.10. The van der Waals surface area contributed by atoms with Gasteiger partial charge in [-0.15, -0.1) is 0 Å². The quantitative estimate of drug-likeness (QED) is 0.597. The molecule has 0 unspecified atom stereocenters. The Bertz CT molecular complexity index is 1240. The number of hydrogen-bond acceptors (Lipinski definition) is 8. The molecular weight excluding hydrogens is 408 g/mol. The lowest BCUT2D eigenvalue weighted by Gasteiger charge is -2.20. The van der Waals surface area contributed by atoms with Crippen molar-refractivity contribution in [3.8, 4) is 5.75 Å². The van der Waals surface area contributed by atoms with Crippen LogP contribution in [0.1, 0.15) is 34.2 Å². The zero-order valence-electron chi connectivity index (χ0n) is 17.5. The Morgan fingerprint density at radius 2 is 2.19 bits per heavy atom. The van der Waals surface area contributed by atoms with Crippen molar-refractivity contribution in [1.82, 2.24) is 4.98 Å². The monoisotopic (exact) mass is 430 g/mol. The van der Waals surface area contributed by atoms with E-state index in [0.717, 1.165) is 22.4 Å². The normalized spacial score (nSPS) is 15.8. The molecule has 0 amide bonds. The number of anilines is 2. The number of nitrogens with one attached hydrogen (secondary N) is 1. The van der Waals surface area contributed by atoms with E-state index in [1.165, 1.54) is 0 Å². The van der Waals surface area contributed by atoms with Gasteiger partial charge in [-0.05, 0) is 36.8 Å². The van der Waals surface area contributed by atoms with Crippen molar-refractivity contribution in [2.75, 3.05) is 29.9 Å². The summed E-state index contributed by atoms with van der Waals surface area (Å²) in [5.41, 5.74) is 3.70. The number of aromatic hydroxyl groups is 1. The highest BCUT2D eigenvalue weighted by atomic mass is 16.5. The Morgan fingerprint density at radius 1 is 1.31 bits per heavy atom. The minimum atomic E-state index is -0.624. The summed E-state index contributed by atoms with van der Waals surface area (Å²) in [5, 5.41) is 14.4. The number of hydrogen-bond donors (Lipinski definition) is 2. The van der Waals surface area contributed by atoms with Crippen LogP contribution in [-0.2, 0) is 11.3 Å². The summed E-state index contributed by atoms with van der Waals surface area (Å²) in [6.45, 7) is 3.67. The molecule has 0 spiro atoms. The number of aromatic nitrogens is 1. The summed E-state index contributed by atoms with van der Waals surface area (Å²) in [5.74, 6) is 0.188. The Balaban J connectivity index is 1.58. The van der Waals surface area contributed by atoms with E-state index in [9.17, 15) is 9.90 Å². The first kappa shape index (κ1) is 19.9. The summed E-state index contributed by atoms with van der Waals surface area (Å²) in [6, 6.07) is 11.7. The lowest BCUT2D eigenvalue weighted by molar-refractivity contribution is 0.0523. The SMILES string of the molecule is CCOC(=O)c1c(N2CCNc3ccccc3C2)oc(C=C2C=Nc3ncccc32)c1O. The molecule has 32 heavy (non-hydrogen) atoms. The molecular formula is C24H22N4O4. The minimum absolute atomic E-state index is 0.0272. The predicted octanol–water partition coefficient (Wildman–Crippen LogP) is 4.25. The zero-order chi connectivity index (χ0) is 22.1. The smallest absolute Gasteiger partial charge is 0.347 e. The zero-order valence-corrected chi connectivity index (χ0v) is 17.5. The largest absolute Gasteiger partial charge is 0.504 e. The number of furan rings is 1. The average molecular weight is 430 g/mol. The van der Waals surface area contributed by atoms with Crippen molar-refractivity contribution in [3.63, 3.8) is 0 Å². The summed E-state index contributed by atoms with van der Waals surface area (Å²) >= 11 is 0. The van der Waals surface area contributed by atoms with Gasteiger partial charge in [0.05, 0.1) is 6.61 Å². The first-order valence-corrected chi connectivity index (χ1v) is 10.5. The van der Waals surface area contributed by atoms with Crippen LogP contribution in [0.4, 0.5) is 17.4 Å². The Morgan fingerprint density at radius 3 is 3.06 bits per heavy atom. The number of aliphatic imine (C=N–C) groups is 1. The molecule has 162 valence electrons. The van der Waals surface area contributed by atoms with Gasteiger partial charge >= 0.3 is 5.97 Å². The van der Waals surface area contributed by atoms with Crippen molar-refractivity contribution in [2.24, 2.45) is 4.99 Å². The molecule has 4 heterocycles. The van der Waals surface area contributed by atoms with E-state index in [4.69, 9.17) is 9.15 Å². The highest BCUT2D eigenvalue weighted by molar-refractivity contribution is 6.21. The molecule has 0 fully saturated rings. The van der Waals surface area contributed by atoms with Crippen LogP contribution in [0.25, 0.3) is 11.6 Å². The molecule has 0 saturated carbocycles. The third-order valence-electron chi connectivity index (χ3n) is 5.44. The standard InChI is InChI=1S/C24H22N4O4/c1-2-31-24(30)20-21(29)19(12-16-13-27-22-17(16)7-5-9-26-22)32-23(20)28-11-10-25-18-8-4-3-6-15(18)14-28/h3-9,12-13,25,29H,2,10-11,14H2,1H3. The van der Waals surface area contributed by atoms with E-state index in [1.54, 1.807) is 25.4 Å². The second-order valence-electron chi connectivity index (χ2n) is 7.45. The minimum Gasteiger partial charge on any atom is -0.504 e. The molecule has 2 aliphatic heterocycles. The molecule has 0 aliphatic carbocycles. The second kappa shape index (κ2) is 8.22. The molecule has 5 rings (SSSR count). The lowest BCUT2D eigenvalue weighted by atomic mass is 10.1. The number of pyridine rings is 1. The summed E-state index contributed by atoms with van der Waals surface area (Å²) < 4.78 is 11.3. The fourth-order valence-electron chi connectivity index (χ4n) is 3.93. The maximum Gasteiger partial charge on any atom is 0.347 e. The van der Waals surface area contributed by atoms with Gasteiger partial charge in [0.1, 0.15) is 0 Å². The van der Waals surface area contributed by atoms with E-state index in [0.29, 0.717) is 25.5 Å². The number of carbonyl (C=O) groups excluding carboxylic acids is 1. The van der Waals surface area contributed by atoms with Gasteiger partial charge in [0.15, 0.2) is 22.9 Å². The molecule has 0 radical (unpaired) electrons. The number of carbonyl (C=O) groups is 1. The fraction of sp³-hybridized carbons (Fsp3) is 0.208. The Labute approximate surface area is 184 Å². The van der Waals surface area contributed by atoms with Crippen molar-refractivity contribution >= 4 is 41.2 Å². The molecule has 2 aromatic heterocycles. The molecule has 3 aromatic rings. The number of rotatable bonds is 4. The number of nitrogens with zero attached hydrogens (tertiary/aromatic N) is 3. The number of ether oxygens (including phenoxy) is 1. The number of fused-ring (bicyclic) bond motifs is 2. The van der Waals surface area contributed by atoms with Crippen molar-refractivity contribution in [3.05, 3.63) is 65.0 Å². The van der Waals surface area contributed by atoms with Crippen LogP contribution in [0.5, 0.6) is 5.75 Å². The molecule has 2 N–H and O–H groups in total. The molecule has 0 bridgehead atoms. The summed E-state index contributed by atoms with van der Waals surface area (Å²) in [6.07, 6.45) is 5.00. The topological polar surface area (TPSA) is 100 Å². The van der Waals surface area contributed by atoms with Crippen LogP contribution in [0.2, 0.25) is 0 Å². The number of esters is 1. The van der Waals surface area contributed by atoms with Gasteiger partial charge in [-0.25, -0.2) is 14.8 Å². The van der Waals surface area contributed by atoms with Crippen molar-refractivity contribution in [1.29, 1.82) is 0 Å². The highest BCUT2D eigenvalue weighted by Gasteiger charge is 2.31. The van der Waals surface area contributed by atoms with Crippen LogP contribution in [0.3, 0.4) is 0 Å². The summed E-state index contributed by atoms with van der Waals surface area (Å²) in [7, 11) is 0. The predicted molar refractivity (Wildman–Crippen MR) is 123 cm³/mol. The van der Waals surface area contributed by atoms with E-state index in [-0.39, 0.29) is 29.6 Å². The average Bonchev–Trinajstić information content (AvgIpc) is 3.27. The maximum atomic E-state index is 12.8. The number of para-hydroxylation sites is 1. The first-order valence-electron chi connectivity index (χ1n) is 10.5. The molecule has 0 saturated heterocycles. The molecule has 8 heteroatoms. The van der Waals surface area contributed by atoms with E-state index >= 15 is 0 Å². The fourth-order valence-corrected chi connectivity index (χ4v) is 3.93. The van der Waals surface area contributed by atoms with Crippen LogP contribution < -0.4 is 10.2 Å². The second-order valence-corrected chi connectivity index (χ2v) is 7.45. The number of allylic oxidation sites excluding steroid dienone is 1. The van der Waals surface area contributed by atoms with Gasteiger partial charge in [0.2, 0.25) is 5.88 Å². The van der Waals surface area contributed by atoms with Gasteiger partial charge < -0.3 is 24.5 Å². The van der Waals surface area contributed by atoms with Gasteiger partial charge in [0.25, 0.3) is 0 Å². The molecule has 1 aromatic carbocycles. The third kappa shape index (κ3) is 3.49. The van der Waals surface area contributed by atoms with E-state index in [2.05, 4.69) is 15.3 Å². The van der Waals surface area contributed by atoms with Crippen LogP contribution >= 0.6 is 0 Å². The van der Waals surface area contributed by atoms with Gasteiger partial charge in [-0.2, -0.15) is 0 Å². The van der Waals surface area contributed by atoms with E-state index < -0.39 is 5.97 Å². The van der Waals surface area contributed by atoms with Gasteiger partial charge in [-0.1, -0.05) is 18.2 Å². The maximum absolute atomic E-state index is 12.8. The first-order chi connectivity index (χ1) is 15.7. The van der Waals surface area contributed by atoms with Crippen molar-refractivity contribution < 1.29 is 19.1 Å². The Hall–Kier alpha value is -4.07. The molecule has 0 atom stereocenters. The van der Waals surface area contributed by atoms with E-state index in [1.807, 2.05) is 41.3 Å².